The van der Waals surface area contributed by atoms with Gasteiger partial charge in [-0.15, -0.1) is 0 Å². The van der Waals surface area contributed by atoms with Crippen molar-refractivity contribution in [2.75, 3.05) is 10.0 Å². The fourth-order valence-corrected chi connectivity index (χ4v) is 5.52. The van der Waals surface area contributed by atoms with Crippen molar-refractivity contribution in [1.29, 1.82) is 0 Å². The quantitative estimate of drug-likeness (QED) is 0.568. The smallest absolute Gasteiger partial charge is 0.261 e. The molecule has 10 heteroatoms. The van der Waals surface area contributed by atoms with Gasteiger partial charge in [-0.25, -0.2) is 17.8 Å². The van der Waals surface area contributed by atoms with E-state index in [0.29, 0.717) is 23.4 Å². The predicted molar refractivity (Wildman–Crippen MR) is 120 cm³/mol. The highest BCUT2D eigenvalue weighted by Gasteiger charge is 2.34. The average molecular weight is 474 g/mol. The number of fused-ring (bicyclic) bond motifs is 1. The number of halogens is 1. The molecule has 0 unspecified atom stereocenters. The van der Waals surface area contributed by atoms with E-state index in [0.717, 1.165) is 35.6 Å². The van der Waals surface area contributed by atoms with Gasteiger partial charge in [0.05, 0.1) is 26.7 Å². The largest absolute Gasteiger partial charge is 0.298 e. The molecule has 1 amide bonds. The maximum atomic E-state index is 13.1. The van der Waals surface area contributed by atoms with Gasteiger partial charge in [0.2, 0.25) is 0 Å². The van der Waals surface area contributed by atoms with Crippen molar-refractivity contribution in [1.82, 2.24) is 4.98 Å². The molecule has 1 aliphatic rings. The van der Waals surface area contributed by atoms with E-state index in [1.165, 1.54) is 12.1 Å². The second-order valence-electron chi connectivity index (χ2n) is 8.29. The molecular weight excluding hydrogens is 453 g/mol. The molecule has 1 aliphatic carbocycles. The Labute approximate surface area is 188 Å². The standard InChI is InChI=1S/C22H20FN3O4S2/c1-22(2)11-17-19(18(27)12-22)31-21(24-17)25-20(28)15-5-3-4-6-16(15)26-32(29,30)14-9-7-13(23)8-10-14/h3-10,26H,11-12H2,1-2H3,(H,24,25,28). The minimum absolute atomic E-state index is 0.00158. The van der Waals surface area contributed by atoms with Crippen molar-refractivity contribution in [3.63, 3.8) is 0 Å². The number of anilines is 2. The van der Waals surface area contributed by atoms with Gasteiger partial charge < -0.3 is 0 Å². The molecule has 0 atom stereocenters. The van der Waals surface area contributed by atoms with Crippen LogP contribution in [0.25, 0.3) is 0 Å². The first-order valence-corrected chi connectivity index (χ1v) is 12.1. The number of Topliss-reactive ketones (excluding diaryl/α,β-unsaturated/α-hetero) is 1. The first kappa shape index (κ1) is 22.1. The molecule has 0 saturated heterocycles. The molecule has 1 aromatic heterocycles. The molecule has 1 heterocycles. The minimum atomic E-state index is -4.04. The zero-order chi connectivity index (χ0) is 23.1. The van der Waals surface area contributed by atoms with Gasteiger partial charge in [-0.3, -0.25) is 19.6 Å². The Morgan fingerprint density at radius 1 is 1.09 bits per heavy atom. The van der Waals surface area contributed by atoms with E-state index in [1.807, 2.05) is 13.8 Å². The Kier molecular flexibility index (Phi) is 5.59. The first-order chi connectivity index (χ1) is 15.0. The molecule has 4 rings (SSSR count). The SMILES string of the molecule is CC1(C)CC(=O)c2sc(NC(=O)c3ccccc3NS(=O)(=O)c3ccc(F)cc3)nc2C1. The summed E-state index contributed by atoms with van der Waals surface area (Å²) in [4.78, 5) is 30.1. The summed E-state index contributed by atoms with van der Waals surface area (Å²) in [5, 5.41) is 2.95. The molecular formula is C22H20FN3O4S2. The number of thiazole rings is 1. The number of amides is 1. The molecule has 7 nitrogen and oxygen atoms in total. The third-order valence-electron chi connectivity index (χ3n) is 5.00. The van der Waals surface area contributed by atoms with Crippen LogP contribution in [0, 0.1) is 11.2 Å². The summed E-state index contributed by atoms with van der Waals surface area (Å²) in [6.45, 7) is 3.99. The van der Waals surface area contributed by atoms with Crippen LogP contribution in [0.4, 0.5) is 15.2 Å². The molecule has 166 valence electrons. The van der Waals surface area contributed by atoms with Crippen molar-refractivity contribution in [3.8, 4) is 0 Å². The summed E-state index contributed by atoms with van der Waals surface area (Å²) in [5.74, 6) is -1.13. The van der Waals surface area contributed by atoms with Crippen LogP contribution in [0.5, 0.6) is 0 Å². The number of nitrogens with one attached hydrogen (secondary N) is 2. The van der Waals surface area contributed by atoms with Crippen LogP contribution in [0.2, 0.25) is 0 Å². The average Bonchev–Trinajstić information content (AvgIpc) is 3.09. The lowest BCUT2D eigenvalue weighted by Crippen LogP contribution is -2.26. The van der Waals surface area contributed by atoms with Gasteiger partial charge in [-0.05, 0) is 48.2 Å². The maximum Gasteiger partial charge on any atom is 0.261 e. The highest BCUT2D eigenvalue weighted by Crippen LogP contribution is 2.38. The second-order valence-corrected chi connectivity index (χ2v) is 11.0. The molecule has 2 aromatic carbocycles. The molecule has 3 aromatic rings. The van der Waals surface area contributed by atoms with Gasteiger partial charge in [-0.2, -0.15) is 0 Å². The summed E-state index contributed by atoms with van der Waals surface area (Å²) in [6, 6.07) is 10.5. The summed E-state index contributed by atoms with van der Waals surface area (Å²) in [7, 11) is -4.04. The van der Waals surface area contributed by atoms with Gasteiger partial charge in [0.1, 0.15) is 5.82 Å². The Balaban J connectivity index is 1.58. The van der Waals surface area contributed by atoms with Crippen LogP contribution >= 0.6 is 11.3 Å². The fourth-order valence-electron chi connectivity index (χ4n) is 3.53. The lowest BCUT2D eigenvalue weighted by atomic mass is 9.78. The second kappa shape index (κ2) is 8.10. The highest BCUT2D eigenvalue weighted by atomic mass is 32.2. The molecule has 0 aliphatic heterocycles. The number of carbonyl (C=O) groups excluding carboxylic acids is 2. The van der Waals surface area contributed by atoms with E-state index < -0.39 is 21.7 Å². The van der Waals surface area contributed by atoms with Gasteiger partial charge >= 0.3 is 0 Å². The number of sulfonamides is 1. The van der Waals surface area contributed by atoms with Crippen LogP contribution in [-0.2, 0) is 16.4 Å². The summed E-state index contributed by atoms with van der Waals surface area (Å²) in [5.41, 5.74) is 0.618. The molecule has 0 fully saturated rings. The number of aromatic nitrogens is 1. The van der Waals surface area contributed by atoms with Crippen LogP contribution in [0.1, 0.15) is 46.0 Å². The molecule has 32 heavy (non-hydrogen) atoms. The Bertz CT molecular complexity index is 1320. The third kappa shape index (κ3) is 4.56. The number of rotatable bonds is 5. The first-order valence-electron chi connectivity index (χ1n) is 9.76. The van der Waals surface area contributed by atoms with E-state index in [1.54, 1.807) is 12.1 Å². The third-order valence-corrected chi connectivity index (χ3v) is 7.43. The van der Waals surface area contributed by atoms with Gasteiger partial charge in [0.15, 0.2) is 10.9 Å². The summed E-state index contributed by atoms with van der Waals surface area (Å²) in [6.07, 6.45) is 1.05. The number of nitrogens with zero attached hydrogens (tertiary/aromatic N) is 1. The monoisotopic (exact) mass is 473 g/mol. The summed E-state index contributed by atoms with van der Waals surface area (Å²) >= 11 is 1.12. The van der Waals surface area contributed by atoms with Gasteiger partial charge in [0.25, 0.3) is 15.9 Å². The fraction of sp³-hybridized carbons (Fsp3) is 0.227. The molecule has 0 spiro atoms. The maximum absolute atomic E-state index is 13.1. The van der Waals surface area contributed by atoms with Crippen molar-refractivity contribution in [2.24, 2.45) is 5.41 Å². The van der Waals surface area contributed by atoms with Crippen LogP contribution in [0.3, 0.4) is 0 Å². The van der Waals surface area contributed by atoms with Crippen LogP contribution in [-0.4, -0.2) is 25.1 Å². The molecule has 0 bridgehead atoms. The number of carbonyl (C=O) groups is 2. The number of para-hydroxylation sites is 1. The number of hydrogen-bond donors (Lipinski definition) is 2. The van der Waals surface area contributed by atoms with E-state index in [2.05, 4.69) is 15.0 Å². The lowest BCUT2D eigenvalue weighted by molar-refractivity contribution is 0.0915. The van der Waals surface area contributed by atoms with Crippen molar-refractivity contribution in [3.05, 3.63) is 70.5 Å². The van der Waals surface area contributed by atoms with Crippen LogP contribution < -0.4 is 10.0 Å². The van der Waals surface area contributed by atoms with Crippen molar-refractivity contribution < 1.29 is 22.4 Å². The Hall–Kier alpha value is -3.11. The van der Waals surface area contributed by atoms with Crippen LogP contribution in [0.15, 0.2) is 53.4 Å². The molecule has 2 N–H and O–H groups in total. The summed E-state index contributed by atoms with van der Waals surface area (Å²) < 4.78 is 40.8. The van der Waals surface area contributed by atoms with E-state index in [4.69, 9.17) is 0 Å². The van der Waals surface area contributed by atoms with Gasteiger partial charge in [0, 0.05) is 6.42 Å². The number of ketones is 1. The predicted octanol–water partition coefficient (Wildman–Crippen LogP) is 4.49. The van der Waals surface area contributed by atoms with E-state index >= 15 is 0 Å². The van der Waals surface area contributed by atoms with E-state index in [9.17, 15) is 22.4 Å². The minimum Gasteiger partial charge on any atom is -0.298 e. The number of hydrogen-bond acceptors (Lipinski definition) is 6. The Morgan fingerprint density at radius 3 is 2.50 bits per heavy atom. The topological polar surface area (TPSA) is 105 Å². The van der Waals surface area contributed by atoms with Crippen molar-refractivity contribution in [2.45, 2.75) is 31.6 Å². The zero-order valence-corrected chi connectivity index (χ0v) is 18.9. The zero-order valence-electron chi connectivity index (χ0n) is 17.3. The van der Waals surface area contributed by atoms with Crippen molar-refractivity contribution >= 4 is 43.9 Å². The Morgan fingerprint density at radius 2 is 1.78 bits per heavy atom. The van der Waals surface area contributed by atoms with Gasteiger partial charge in [-0.1, -0.05) is 37.3 Å². The highest BCUT2D eigenvalue weighted by molar-refractivity contribution is 7.92. The molecule has 0 radical (unpaired) electrons. The lowest BCUT2D eigenvalue weighted by Gasteiger charge is -2.26. The normalized spacial score (nSPS) is 15.2. The van der Waals surface area contributed by atoms with E-state index in [-0.39, 0.29) is 32.5 Å². The molecule has 0 saturated carbocycles. The number of benzene rings is 2.